The third-order valence-corrected chi connectivity index (χ3v) is 8.40. The molecule has 164 valence electrons. The molecule has 7 nitrogen and oxygen atoms in total. The van der Waals surface area contributed by atoms with Crippen LogP contribution in [0.25, 0.3) is 0 Å². The van der Waals surface area contributed by atoms with E-state index in [2.05, 4.69) is 4.72 Å². The van der Waals surface area contributed by atoms with Crippen molar-refractivity contribution < 1.29 is 26.0 Å². The van der Waals surface area contributed by atoms with Crippen LogP contribution in [0.15, 0.2) is 52.3 Å². The third kappa shape index (κ3) is 5.37. The number of piperidine rings is 1. The van der Waals surface area contributed by atoms with Crippen LogP contribution < -0.4 is 9.46 Å². The molecule has 2 aromatic rings. The van der Waals surface area contributed by atoms with Crippen LogP contribution in [0.2, 0.25) is 0 Å². The van der Waals surface area contributed by atoms with Crippen LogP contribution in [-0.2, 0) is 20.0 Å². The van der Waals surface area contributed by atoms with E-state index in [1.165, 1.54) is 29.4 Å². The Labute approximate surface area is 177 Å². The zero-order valence-corrected chi connectivity index (χ0v) is 18.3. The summed E-state index contributed by atoms with van der Waals surface area (Å²) >= 11 is 0. The molecule has 2 aromatic carbocycles. The Morgan fingerprint density at radius 2 is 1.67 bits per heavy atom. The van der Waals surface area contributed by atoms with Gasteiger partial charge < -0.3 is 4.74 Å². The quantitative estimate of drug-likeness (QED) is 0.617. The second-order valence-electron chi connectivity index (χ2n) is 7.09. The van der Waals surface area contributed by atoms with Gasteiger partial charge in [0, 0.05) is 19.6 Å². The molecule has 0 aliphatic carbocycles. The number of ether oxygens (including phenoxy) is 1. The van der Waals surface area contributed by atoms with Crippen LogP contribution >= 0.6 is 0 Å². The Balaban J connectivity index is 1.54. The highest BCUT2D eigenvalue weighted by Crippen LogP contribution is 2.22. The molecule has 30 heavy (non-hydrogen) atoms. The largest absolute Gasteiger partial charge is 0.492 e. The number of nitrogens with zero attached hydrogens (tertiary/aromatic N) is 1. The van der Waals surface area contributed by atoms with Gasteiger partial charge in [-0.2, -0.15) is 4.31 Å². The lowest BCUT2D eigenvalue weighted by atomic mass is 10.2. The van der Waals surface area contributed by atoms with E-state index in [0.717, 1.165) is 31.4 Å². The molecule has 0 bridgehead atoms. The zero-order valence-electron chi connectivity index (χ0n) is 16.7. The zero-order chi connectivity index (χ0) is 21.8. The summed E-state index contributed by atoms with van der Waals surface area (Å²) in [5, 5.41) is 0. The second-order valence-corrected chi connectivity index (χ2v) is 10.8. The maximum absolute atomic E-state index is 13.2. The average Bonchev–Trinajstić information content (AvgIpc) is 2.72. The number of hydrogen-bond donors (Lipinski definition) is 1. The van der Waals surface area contributed by atoms with Crippen molar-refractivity contribution in [2.45, 2.75) is 36.0 Å². The first-order valence-corrected chi connectivity index (χ1v) is 12.6. The van der Waals surface area contributed by atoms with Gasteiger partial charge in [-0.1, -0.05) is 6.42 Å². The Bertz CT molecular complexity index is 1080. The lowest BCUT2D eigenvalue weighted by Gasteiger charge is -2.25. The van der Waals surface area contributed by atoms with Gasteiger partial charge in [0.25, 0.3) is 0 Å². The number of rotatable bonds is 8. The van der Waals surface area contributed by atoms with E-state index in [0.29, 0.717) is 24.4 Å². The van der Waals surface area contributed by atoms with Gasteiger partial charge >= 0.3 is 0 Å². The summed E-state index contributed by atoms with van der Waals surface area (Å²) in [6, 6.07) is 9.55. The minimum atomic E-state index is -3.78. The summed E-state index contributed by atoms with van der Waals surface area (Å²) in [4.78, 5) is 0.223. The van der Waals surface area contributed by atoms with E-state index in [4.69, 9.17) is 4.74 Å². The summed E-state index contributed by atoms with van der Waals surface area (Å²) in [6.07, 6.45) is 2.78. The van der Waals surface area contributed by atoms with Crippen LogP contribution in [0.1, 0.15) is 24.8 Å². The molecule has 0 saturated carbocycles. The Hall–Kier alpha value is -2.01. The van der Waals surface area contributed by atoms with E-state index in [1.807, 2.05) is 0 Å². The molecule has 0 atom stereocenters. The Morgan fingerprint density at radius 3 is 2.30 bits per heavy atom. The van der Waals surface area contributed by atoms with Gasteiger partial charge in [0.2, 0.25) is 20.0 Å². The molecule has 0 unspecified atom stereocenters. The molecule has 0 spiro atoms. The molecular weight excluding hydrogens is 431 g/mol. The Kier molecular flexibility index (Phi) is 7.12. The molecule has 3 rings (SSSR count). The summed E-state index contributed by atoms with van der Waals surface area (Å²) < 4.78 is 72.5. The van der Waals surface area contributed by atoms with Crippen molar-refractivity contribution in [2.75, 3.05) is 26.2 Å². The van der Waals surface area contributed by atoms with E-state index in [9.17, 15) is 21.2 Å². The first kappa shape index (κ1) is 22.7. The second kappa shape index (κ2) is 9.42. The van der Waals surface area contributed by atoms with Crippen LogP contribution in [0.5, 0.6) is 5.75 Å². The lowest BCUT2D eigenvalue weighted by Crippen LogP contribution is -2.35. The summed E-state index contributed by atoms with van der Waals surface area (Å²) in [7, 11) is -7.28. The molecule has 0 amide bonds. The van der Waals surface area contributed by atoms with E-state index in [1.54, 1.807) is 12.1 Å². The lowest BCUT2D eigenvalue weighted by molar-refractivity contribution is 0.322. The van der Waals surface area contributed by atoms with Crippen molar-refractivity contribution >= 4 is 20.0 Å². The van der Waals surface area contributed by atoms with E-state index >= 15 is 0 Å². The van der Waals surface area contributed by atoms with Crippen LogP contribution in [-0.4, -0.2) is 47.4 Å². The van der Waals surface area contributed by atoms with Gasteiger partial charge in [-0.15, -0.1) is 0 Å². The highest BCUT2D eigenvalue weighted by atomic mass is 32.2. The maximum atomic E-state index is 13.2. The summed E-state index contributed by atoms with van der Waals surface area (Å²) in [5.74, 6) is -0.0645. The normalized spacial score (nSPS) is 15.8. The van der Waals surface area contributed by atoms with Gasteiger partial charge in [0.15, 0.2) is 0 Å². The highest BCUT2D eigenvalue weighted by Gasteiger charge is 2.25. The van der Waals surface area contributed by atoms with Gasteiger partial charge in [-0.3, -0.25) is 0 Å². The minimum Gasteiger partial charge on any atom is -0.492 e. The molecular formula is C20H25FN2O5S2. The standard InChI is InChI=1S/C20H25FN2O5S2/c1-16-15-17(21)5-10-20(16)29(24,25)22-11-14-28-18-6-8-19(9-7-18)30(26,27)23-12-3-2-4-13-23/h5-10,15,22H,2-4,11-14H2,1H3. The van der Waals surface area contributed by atoms with Crippen LogP contribution in [0, 0.1) is 12.7 Å². The van der Waals surface area contributed by atoms with Crippen molar-refractivity contribution in [2.24, 2.45) is 0 Å². The monoisotopic (exact) mass is 456 g/mol. The number of hydrogen-bond acceptors (Lipinski definition) is 5. The van der Waals surface area contributed by atoms with Gasteiger partial charge in [-0.05, 0) is 67.8 Å². The molecule has 1 saturated heterocycles. The fraction of sp³-hybridized carbons (Fsp3) is 0.400. The third-order valence-electron chi connectivity index (χ3n) is 4.87. The Morgan fingerprint density at radius 1 is 1.00 bits per heavy atom. The number of halogens is 1. The minimum absolute atomic E-state index is 0.00692. The number of sulfonamides is 2. The topological polar surface area (TPSA) is 92.8 Å². The van der Waals surface area contributed by atoms with Crippen molar-refractivity contribution in [3.8, 4) is 5.75 Å². The molecule has 1 aliphatic heterocycles. The molecule has 10 heteroatoms. The SMILES string of the molecule is Cc1cc(F)ccc1S(=O)(=O)NCCOc1ccc(S(=O)(=O)N2CCCCC2)cc1. The number of benzene rings is 2. The molecule has 1 fully saturated rings. The smallest absolute Gasteiger partial charge is 0.243 e. The van der Waals surface area contributed by atoms with Crippen LogP contribution in [0.3, 0.4) is 0 Å². The summed E-state index contributed by atoms with van der Waals surface area (Å²) in [6.45, 7) is 2.65. The molecule has 1 heterocycles. The van der Waals surface area contributed by atoms with Gasteiger partial charge in [0.05, 0.1) is 9.79 Å². The molecule has 0 radical (unpaired) electrons. The van der Waals surface area contributed by atoms with Crippen molar-refractivity contribution in [1.82, 2.24) is 9.03 Å². The van der Waals surface area contributed by atoms with Crippen molar-refractivity contribution in [3.05, 3.63) is 53.8 Å². The first-order valence-electron chi connectivity index (χ1n) is 9.69. The van der Waals surface area contributed by atoms with E-state index in [-0.39, 0.29) is 22.9 Å². The molecule has 0 aromatic heterocycles. The first-order chi connectivity index (χ1) is 14.2. The number of nitrogens with one attached hydrogen (secondary N) is 1. The average molecular weight is 457 g/mol. The predicted molar refractivity (Wildman–Crippen MR) is 111 cm³/mol. The maximum Gasteiger partial charge on any atom is 0.243 e. The highest BCUT2D eigenvalue weighted by molar-refractivity contribution is 7.89. The van der Waals surface area contributed by atoms with Gasteiger partial charge in [0.1, 0.15) is 18.2 Å². The summed E-state index contributed by atoms with van der Waals surface area (Å²) in [5.41, 5.74) is 0.314. The fourth-order valence-corrected chi connectivity index (χ4v) is 6.05. The fourth-order valence-electron chi connectivity index (χ4n) is 3.30. The van der Waals surface area contributed by atoms with Crippen LogP contribution in [0.4, 0.5) is 4.39 Å². The van der Waals surface area contributed by atoms with E-state index < -0.39 is 25.9 Å². The van der Waals surface area contributed by atoms with Crippen molar-refractivity contribution in [1.29, 1.82) is 0 Å². The molecule has 1 aliphatic rings. The van der Waals surface area contributed by atoms with Gasteiger partial charge in [-0.25, -0.2) is 25.9 Å². The predicted octanol–water partition coefficient (Wildman–Crippen LogP) is 2.67. The van der Waals surface area contributed by atoms with Crippen molar-refractivity contribution in [3.63, 3.8) is 0 Å². The number of aryl methyl sites for hydroxylation is 1. The molecule has 1 N–H and O–H groups in total.